The summed E-state index contributed by atoms with van der Waals surface area (Å²) in [6.45, 7) is 5.70. The van der Waals surface area contributed by atoms with Crippen molar-refractivity contribution in [2.75, 3.05) is 26.0 Å². The third-order valence-electron chi connectivity index (χ3n) is 2.89. The average Bonchev–Trinajstić information content (AvgIpc) is 2.60. The molecule has 1 saturated heterocycles. The highest BCUT2D eigenvalue weighted by Gasteiger charge is 2.41. The maximum absolute atomic E-state index is 12.2. The van der Waals surface area contributed by atoms with Gasteiger partial charge in [0, 0.05) is 7.05 Å². The third-order valence-corrected chi connectivity index (χ3v) is 5.27. The van der Waals surface area contributed by atoms with Gasteiger partial charge in [-0.2, -0.15) is 4.31 Å². The van der Waals surface area contributed by atoms with E-state index in [1.165, 1.54) is 7.05 Å². The van der Waals surface area contributed by atoms with Crippen LogP contribution in [0.1, 0.15) is 20.8 Å². The van der Waals surface area contributed by atoms with Gasteiger partial charge in [0.15, 0.2) is 0 Å². The summed E-state index contributed by atoms with van der Waals surface area (Å²) < 4.78 is 30.6. The van der Waals surface area contributed by atoms with Gasteiger partial charge in [-0.05, 0) is 5.41 Å². The smallest absolute Gasteiger partial charge is 0.310 e. The van der Waals surface area contributed by atoms with Crippen molar-refractivity contribution >= 4 is 16.0 Å². The number of carbonyl (C=O) groups is 1. The molecule has 2 atom stereocenters. The number of carboxylic acid groups (broad SMARTS) is 1. The zero-order valence-electron chi connectivity index (χ0n) is 11.2. The fraction of sp³-hybridized carbons (Fsp3) is 0.909. The lowest BCUT2D eigenvalue weighted by molar-refractivity contribution is -0.142. The van der Waals surface area contributed by atoms with E-state index in [0.717, 1.165) is 4.31 Å². The molecule has 1 N–H and O–H groups in total. The number of hydrogen-bond donors (Lipinski definition) is 1. The number of sulfonamides is 1. The van der Waals surface area contributed by atoms with E-state index in [1.54, 1.807) is 0 Å². The van der Waals surface area contributed by atoms with Gasteiger partial charge in [-0.1, -0.05) is 20.8 Å². The van der Waals surface area contributed by atoms with Gasteiger partial charge in [0.1, 0.15) is 0 Å². The van der Waals surface area contributed by atoms with Crippen LogP contribution in [0.3, 0.4) is 0 Å². The van der Waals surface area contributed by atoms with Gasteiger partial charge in [0.25, 0.3) is 0 Å². The van der Waals surface area contributed by atoms with Crippen LogP contribution >= 0.6 is 0 Å². The summed E-state index contributed by atoms with van der Waals surface area (Å²) in [5.41, 5.74) is -0.370. The summed E-state index contributed by atoms with van der Waals surface area (Å²) in [4.78, 5) is 11.0. The quantitative estimate of drug-likeness (QED) is 0.805. The number of carboxylic acids is 1. The Hall–Kier alpha value is -0.660. The molecule has 18 heavy (non-hydrogen) atoms. The van der Waals surface area contributed by atoms with E-state index in [4.69, 9.17) is 9.84 Å². The number of nitrogens with zero attached hydrogens (tertiary/aromatic N) is 1. The molecule has 7 heteroatoms. The van der Waals surface area contributed by atoms with Crippen LogP contribution in [-0.4, -0.2) is 55.9 Å². The first kappa shape index (κ1) is 15.4. The average molecular weight is 279 g/mol. The highest BCUT2D eigenvalue weighted by atomic mass is 32.2. The van der Waals surface area contributed by atoms with Gasteiger partial charge >= 0.3 is 5.97 Å². The Morgan fingerprint density at radius 3 is 2.39 bits per heavy atom. The molecule has 0 aromatic heterocycles. The molecule has 1 fully saturated rings. The lowest BCUT2D eigenvalue weighted by atomic mass is 10.0. The van der Waals surface area contributed by atoms with Gasteiger partial charge in [-0.15, -0.1) is 0 Å². The van der Waals surface area contributed by atoms with E-state index in [-0.39, 0.29) is 24.4 Å². The Kier molecular flexibility index (Phi) is 4.40. The fourth-order valence-corrected chi connectivity index (χ4v) is 3.91. The number of rotatable bonds is 4. The van der Waals surface area contributed by atoms with Crippen molar-refractivity contribution in [2.45, 2.75) is 26.8 Å². The molecule has 0 saturated carbocycles. The van der Waals surface area contributed by atoms with Crippen LogP contribution in [0.25, 0.3) is 0 Å². The first-order chi connectivity index (χ1) is 8.04. The Labute approximate surface area is 108 Å². The summed E-state index contributed by atoms with van der Waals surface area (Å²) in [5.74, 6) is -1.82. The Morgan fingerprint density at radius 2 is 1.94 bits per heavy atom. The summed E-state index contributed by atoms with van der Waals surface area (Å²) in [5, 5.41) is 9.03. The van der Waals surface area contributed by atoms with Crippen LogP contribution < -0.4 is 0 Å². The van der Waals surface area contributed by atoms with Gasteiger partial charge in [0.2, 0.25) is 10.0 Å². The third kappa shape index (κ3) is 3.66. The highest BCUT2D eigenvalue weighted by Crippen LogP contribution is 2.25. The normalized spacial score (nSPS) is 25.6. The molecular formula is C11H21NO5S. The first-order valence-corrected chi connectivity index (χ1v) is 7.42. The van der Waals surface area contributed by atoms with Crippen molar-refractivity contribution in [3.8, 4) is 0 Å². The maximum Gasteiger partial charge on any atom is 0.310 e. The number of hydrogen-bond acceptors (Lipinski definition) is 4. The van der Waals surface area contributed by atoms with E-state index in [2.05, 4.69) is 0 Å². The van der Waals surface area contributed by atoms with Crippen molar-refractivity contribution in [1.82, 2.24) is 4.31 Å². The molecule has 1 aliphatic rings. The Balaban J connectivity index is 2.86. The molecule has 0 bridgehead atoms. The Bertz CT molecular complexity index is 412. The predicted molar refractivity (Wildman–Crippen MR) is 66.7 cm³/mol. The summed E-state index contributed by atoms with van der Waals surface area (Å²) >= 11 is 0. The zero-order valence-corrected chi connectivity index (χ0v) is 12.0. The summed E-state index contributed by atoms with van der Waals surface area (Å²) in [7, 11) is -2.05. The van der Waals surface area contributed by atoms with Gasteiger partial charge in [-0.3, -0.25) is 4.79 Å². The van der Waals surface area contributed by atoms with Crippen molar-refractivity contribution < 1.29 is 23.1 Å². The van der Waals surface area contributed by atoms with E-state index in [9.17, 15) is 13.2 Å². The maximum atomic E-state index is 12.2. The molecule has 106 valence electrons. The highest BCUT2D eigenvalue weighted by molar-refractivity contribution is 7.89. The molecule has 1 heterocycles. The first-order valence-electron chi connectivity index (χ1n) is 5.81. The van der Waals surface area contributed by atoms with Crippen molar-refractivity contribution in [1.29, 1.82) is 0 Å². The largest absolute Gasteiger partial charge is 0.481 e. The number of aliphatic carboxylic acids is 1. The van der Waals surface area contributed by atoms with Crippen molar-refractivity contribution in [3.05, 3.63) is 0 Å². The molecule has 0 spiro atoms. The van der Waals surface area contributed by atoms with E-state index in [0.29, 0.717) is 0 Å². The molecule has 1 rings (SSSR count). The lowest BCUT2D eigenvalue weighted by Gasteiger charge is -2.28. The fourth-order valence-electron chi connectivity index (χ4n) is 1.99. The minimum absolute atomic E-state index is 0.0145. The van der Waals surface area contributed by atoms with Gasteiger partial charge < -0.3 is 9.84 Å². The minimum atomic E-state index is -3.48. The molecule has 1 aliphatic heterocycles. The molecule has 0 aromatic rings. The molecule has 0 amide bonds. The molecule has 6 nitrogen and oxygen atoms in total. The molecule has 2 unspecified atom stereocenters. The van der Waals surface area contributed by atoms with Crippen molar-refractivity contribution in [3.63, 3.8) is 0 Å². The second kappa shape index (κ2) is 5.14. The number of ether oxygens (including phenoxy) is 1. The van der Waals surface area contributed by atoms with E-state index in [1.807, 2.05) is 20.8 Å². The molecule has 0 radical (unpaired) electrons. The standard InChI is InChI=1S/C11H21NO5S/c1-11(2,3)7-18(15,16)12(4)9-6-17-5-8(9)10(13)14/h8-9H,5-7H2,1-4H3,(H,13,14). The van der Waals surface area contributed by atoms with Gasteiger partial charge in [0.05, 0.1) is 30.9 Å². The SMILES string of the molecule is CN(C1COCC1C(=O)O)S(=O)(=O)CC(C)(C)C. The zero-order chi connectivity index (χ0) is 14.1. The van der Waals surface area contributed by atoms with Crippen LogP contribution in [0.4, 0.5) is 0 Å². The van der Waals surface area contributed by atoms with Crippen LogP contribution in [-0.2, 0) is 19.6 Å². The number of likely N-dealkylation sites (N-methyl/N-ethyl adjacent to an activating group) is 1. The van der Waals surface area contributed by atoms with E-state index < -0.39 is 28.0 Å². The minimum Gasteiger partial charge on any atom is -0.481 e. The topological polar surface area (TPSA) is 83.9 Å². The molecule has 0 aromatic carbocycles. The monoisotopic (exact) mass is 279 g/mol. The predicted octanol–water partition coefficient (Wildman–Crippen LogP) is 0.394. The summed E-state index contributed by atoms with van der Waals surface area (Å²) in [6.07, 6.45) is 0. The van der Waals surface area contributed by atoms with Gasteiger partial charge in [-0.25, -0.2) is 8.42 Å². The van der Waals surface area contributed by atoms with Crippen molar-refractivity contribution in [2.24, 2.45) is 11.3 Å². The Morgan fingerprint density at radius 1 is 1.39 bits per heavy atom. The molecule has 0 aliphatic carbocycles. The second-order valence-electron chi connectivity index (χ2n) is 5.88. The van der Waals surface area contributed by atoms with Crippen LogP contribution in [0.5, 0.6) is 0 Å². The second-order valence-corrected chi connectivity index (χ2v) is 7.91. The van der Waals surface area contributed by atoms with E-state index >= 15 is 0 Å². The molecular weight excluding hydrogens is 258 g/mol. The van der Waals surface area contributed by atoms with Crippen LogP contribution in [0, 0.1) is 11.3 Å². The van der Waals surface area contributed by atoms with Crippen LogP contribution in [0.15, 0.2) is 0 Å². The lowest BCUT2D eigenvalue weighted by Crippen LogP contribution is -2.46. The van der Waals surface area contributed by atoms with Crippen LogP contribution in [0.2, 0.25) is 0 Å². The summed E-state index contributed by atoms with van der Waals surface area (Å²) in [6, 6.07) is -0.616.